The van der Waals surface area contributed by atoms with Crippen molar-refractivity contribution in [2.24, 2.45) is 17.8 Å². The normalized spacial score (nSPS) is 45.2. The first-order chi connectivity index (χ1) is 6.12. The highest BCUT2D eigenvalue weighted by Crippen LogP contribution is 2.48. The Labute approximate surface area is 80.3 Å². The molecule has 2 heteroatoms. The summed E-state index contributed by atoms with van der Waals surface area (Å²) in [6.07, 6.45) is 3.05. The van der Waals surface area contributed by atoms with Gasteiger partial charge in [0.2, 0.25) is 0 Å². The fourth-order valence-electron chi connectivity index (χ4n) is 2.61. The lowest BCUT2D eigenvalue weighted by Crippen LogP contribution is -2.51. The molecule has 1 aliphatic carbocycles. The van der Waals surface area contributed by atoms with E-state index in [1.54, 1.807) is 0 Å². The highest BCUT2D eigenvalue weighted by molar-refractivity contribution is 5.00. The molecule has 1 saturated heterocycles. The van der Waals surface area contributed by atoms with Gasteiger partial charge in [0.05, 0.1) is 12.2 Å². The molecule has 0 amide bonds. The molecule has 2 nitrogen and oxygen atoms in total. The van der Waals surface area contributed by atoms with Crippen LogP contribution >= 0.6 is 0 Å². The van der Waals surface area contributed by atoms with Crippen molar-refractivity contribution < 1.29 is 9.84 Å². The van der Waals surface area contributed by atoms with Crippen molar-refractivity contribution in [3.8, 4) is 0 Å². The van der Waals surface area contributed by atoms with E-state index in [0.29, 0.717) is 5.92 Å². The van der Waals surface area contributed by atoms with Gasteiger partial charge in [0.15, 0.2) is 0 Å². The molecule has 1 unspecified atom stereocenters. The standard InChI is InChI=1S/C11H20O2/c1-8(2)9-5-11(12,6-9)10-3-4-13-7-10/h8-10,12H,3-7H2,1-2H3. The van der Waals surface area contributed by atoms with E-state index >= 15 is 0 Å². The summed E-state index contributed by atoms with van der Waals surface area (Å²) in [6, 6.07) is 0. The van der Waals surface area contributed by atoms with Crippen molar-refractivity contribution in [1.82, 2.24) is 0 Å². The van der Waals surface area contributed by atoms with Crippen LogP contribution in [-0.4, -0.2) is 23.9 Å². The zero-order chi connectivity index (χ0) is 9.47. The molecule has 76 valence electrons. The largest absolute Gasteiger partial charge is 0.389 e. The smallest absolute Gasteiger partial charge is 0.0704 e. The van der Waals surface area contributed by atoms with Gasteiger partial charge in [0.1, 0.15) is 0 Å². The van der Waals surface area contributed by atoms with Gasteiger partial charge in [0.25, 0.3) is 0 Å². The van der Waals surface area contributed by atoms with Gasteiger partial charge in [-0.15, -0.1) is 0 Å². The summed E-state index contributed by atoms with van der Waals surface area (Å²) >= 11 is 0. The van der Waals surface area contributed by atoms with Crippen molar-refractivity contribution >= 4 is 0 Å². The lowest BCUT2D eigenvalue weighted by Gasteiger charge is -2.49. The van der Waals surface area contributed by atoms with Gasteiger partial charge in [-0.3, -0.25) is 0 Å². The first-order valence-electron chi connectivity index (χ1n) is 5.42. The second-order valence-electron chi connectivity index (χ2n) is 5.08. The highest BCUT2D eigenvalue weighted by atomic mass is 16.5. The van der Waals surface area contributed by atoms with Crippen LogP contribution < -0.4 is 0 Å². The van der Waals surface area contributed by atoms with Gasteiger partial charge >= 0.3 is 0 Å². The van der Waals surface area contributed by atoms with Crippen LogP contribution in [-0.2, 0) is 4.74 Å². The molecule has 2 rings (SSSR count). The van der Waals surface area contributed by atoms with Crippen molar-refractivity contribution in [2.45, 2.75) is 38.7 Å². The average molecular weight is 184 g/mol. The fraction of sp³-hybridized carbons (Fsp3) is 1.00. The Kier molecular flexibility index (Phi) is 2.37. The minimum Gasteiger partial charge on any atom is -0.389 e. The summed E-state index contributed by atoms with van der Waals surface area (Å²) in [5, 5.41) is 10.2. The van der Waals surface area contributed by atoms with Crippen LogP contribution in [0.25, 0.3) is 0 Å². The molecular formula is C11H20O2. The second kappa shape index (κ2) is 3.25. The average Bonchev–Trinajstić information content (AvgIpc) is 2.49. The highest BCUT2D eigenvalue weighted by Gasteiger charge is 2.49. The Balaban J connectivity index is 1.87. The number of hydrogen-bond donors (Lipinski definition) is 1. The maximum Gasteiger partial charge on any atom is 0.0704 e. The third-order valence-electron chi connectivity index (χ3n) is 3.86. The monoisotopic (exact) mass is 184 g/mol. The van der Waals surface area contributed by atoms with Gasteiger partial charge in [-0.05, 0) is 31.1 Å². The van der Waals surface area contributed by atoms with Crippen LogP contribution in [0.5, 0.6) is 0 Å². The Morgan fingerprint density at radius 1 is 1.38 bits per heavy atom. The maximum absolute atomic E-state index is 10.2. The van der Waals surface area contributed by atoms with E-state index in [0.717, 1.165) is 44.3 Å². The fourth-order valence-corrected chi connectivity index (χ4v) is 2.61. The molecule has 1 atom stereocenters. The summed E-state index contributed by atoms with van der Waals surface area (Å²) in [5.41, 5.74) is -0.370. The van der Waals surface area contributed by atoms with E-state index in [9.17, 15) is 5.11 Å². The Morgan fingerprint density at radius 3 is 2.54 bits per heavy atom. The van der Waals surface area contributed by atoms with Gasteiger partial charge in [0, 0.05) is 12.5 Å². The molecule has 1 heterocycles. The van der Waals surface area contributed by atoms with E-state index in [2.05, 4.69) is 13.8 Å². The molecule has 1 N–H and O–H groups in total. The summed E-state index contributed by atoms with van der Waals surface area (Å²) in [5.74, 6) is 1.88. The number of aliphatic hydroxyl groups is 1. The maximum atomic E-state index is 10.2. The molecule has 0 aromatic rings. The van der Waals surface area contributed by atoms with Gasteiger partial charge in [-0.1, -0.05) is 13.8 Å². The van der Waals surface area contributed by atoms with E-state index in [-0.39, 0.29) is 5.60 Å². The van der Waals surface area contributed by atoms with Crippen molar-refractivity contribution in [1.29, 1.82) is 0 Å². The van der Waals surface area contributed by atoms with E-state index in [1.807, 2.05) is 0 Å². The minimum absolute atomic E-state index is 0.370. The molecule has 2 aliphatic rings. The Bertz CT molecular complexity index is 177. The van der Waals surface area contributed by atoms with Crippen molar-refractivity contribution in [2.75, 3.05) is 13.2 Å². The number of rotatable bonds is 2. The van der Waals surface area contributed by atoms with E-state index < -0.39 is 0 Å². The van der Waals surface area contributed by atoms with Gasteiger partial charge in [-0.2, -0.15) is 0 Å². The summed E-state index contributed by atoms with van der Waals surface area (Å²) < 4.78 is 5.31. The first-order valence-corrected chi connectivity index (χ1v) is 5.42. The summed E-state index contributed by atoms with van der Waals surface area (Å²) in [7, 11) is 0. The van der Waals surface area contributed by atoms with Crippen LogP contribution in [0.1, 0.15) is 33.1 Å². The van der Waals surface area contributed by atoms with Gasteiger partial charge < -0.3 is 9.84 Å². The van der Waals surface area contributed by atoms with E-state index in [1.165, 1.54) is 0 Å². The van der Waals surface area contributed by atoms with Crippen LogP contribution in [0.3, 0.4) is 0 Å². The lowest BCUT2D eigenvalue weighted by atomic mass is 9.61. The Morgan fingerprint density at radius 2 is 2.08 bits per heavy atom. The van der Waals surface area contributed by atoms with Gasteiger partial charge in [-0.25, -0.2) is 0 Å². The van der Waals surface area contributed by atoms with E-state index in [4.69, 9.17) is 4.74 Å². The zero-order valence-electron chi connectivity index (χ0n) is 8.62. The molecule has 2 fully saturated rings. The van der Waals surface area contributed by atoms with Crippen LogP contribution in [0.2, 0.25) is 0 Å². The quantitative estimate of drug-likeness (QED) is 0.709. The predicted octanol–water partition coefficient (Wildman–Crippen LogP) is 1.82. The molecule has 13 heavy (non-hydrogen) atoms. The second-order valence-corrected chi connectivity index (χ2v) is 5.08. The molecule has 0 spiro atoms. The van der Waals surface area contributed by atoms with Crippen LogP contribution in [0, 0.1) is 17.8 Å². The predicted molar refractivity (Wildman–Crippen MR) is 51.4 cm³/mol. The third-order valence-corrected chi connectivity index (χ3v) is 3.86. The zero-order valence-corrected chi connectivity index (χ0v) is 8.62. The number of ether oxygens (including phenoxy) is 1. The Hall–Kier alpha value is -0.0800. The van der Waals surface area contributed by atoms with Crippen LogP contribution in [0.4, 0.5) is 0 Å². The summed E-state index contributed by atoms with van der Waals surface area (Å²) in [4.78, 5) is 0. The lowest BCUT2D eigenvalue weighted by molar-refractivity contribution is -0.128. The minimum atomic E-state index is -0.370. The molecule has 0 bridgehead atoms. The molecule has 0 aromatic carbocycles. The SMILES string of the molecule is CC(C)C1CC(O)(C2CCOC2)C1. The van der Waals surface area contributed by atoms with Crippen molar-refractivity contribution in [3.63, 3.8) is 0 Å². The topological polar surface area (TPSA) is 29.5 Å². The molecule has 0 radical (unpaired) electrons. The van der Waals surface area contributed by atoms with Crippen LogP contribution in [0.15, 0.2) is 0 Å². The summed E-state index contributed by atoms with van der Waals surface area (Å²) in [6.45, 7) is 6.12. The molecule has 0 aromatic heterocycles. The molecule has 1 saturated carbocycles. The van der Waals surface area contributed by atoms with Crippen molar-refractivity contribution in [3.05, 3.63) is 0 Å². The third kappa shape index (κ3) is 1.62. The first kappa shape index (κ1) is 9.47. The molecule has 1 aliphatic heterocycles. The molecular weight excluding hydrogens is 164 g/mol. The number of hydrogen-bond acceptors (Lipinski definition) is 2.